The molecule has 0 spiro atoms. The summed E-state index contributed by atoms with van der Waals surface area (Å²) < 4.78 is 10.7. The molecule has 0 aromatic heterocycles. The first kappa shape index (κ1) is 16.9. The zero-order valence-electron chi connectivity index (χ0n) is 13.2. The summed E-state index contributed by atoms with van der Waals surface area (Å²) in [7, 11) is 1.51. The van der Waals surface area contributed by atoms with Crippen molar-refractivity contribution in [1.82, 2.24) is 4.90 Å². The second-order valence-electron chi connectivity index (χ2n) is 5.39. The predicted molar refractivity (Wildman–Crippen MR) is 84.9 cm³/mol. The van der Waals surface area contributed by atoms with Crippen molar-refractivity contribution < 1.29 is 24.2 Å². The quantitative estimate of drug-likeness (QED) is 0.814. The molecule has 1 heterocycles. The molecule has 0 bridgehead atoms. The van der Waals surface area contributed by atoms with Gasteiger partial charge in [0, 0.05) is 18.7 Å². The van der Waals surface area contributed by atoms with E-state index in [-0.39, 0.29) is 12.5 Å². The minimum Gasteiger partial charge on any atom is -0.493 e. The third-order valence-electron chi connectivity index (χ3n) is 3.83. The largest absolute Gasteiger partial charge is 0.493 e. The Bertz CT molecular complexity index is 599. The summed E-state index contributed by atoms with van der Waals surface area (Å²) in [4.78, 5) is 25.3. The van der Waals surface area contributed by atoms with Crippen LogP contribution < -0.4 is 9.47 Å². The lowest BCUT2D eigenvalue weighted by atomic mass is 9.97. The number of likely N-dealkylation sites (tertiary alicyclic amines) is 1. The number of rotatable bonds is 6. The fraction of sp³-hybridized carbons (Fsp3) is 0.412. The van der Waals surface area contributed by atoms with Gasteiger partial charge in [0.05, 0.1) is 13.0 Å². The van der Waals surface area contributed by atoms with Crippen molar-refractivity contribution in [1.29, 1.82) is 0 Å². The van der Waals surface area contributed by atoms with Crippen LogP contribution >= 0.6 is 0 Å². The van der Waals surface area contributed by atoms with Crippen LogP contribution in [0.2, 0.25) is 0 Å². The zero-order chi connectivity index (χ0) is 16.8. The number of piperidine rings is 1. The van der Waals surface area contributed by atoms with Crippen LogP contribution in [0.4, 0.5) is 0 Å². The SMILES string of the molecule is C=CCOc1ccc(C(=O)N2CCC[C@H](C(=O)O)C2)cc1OC. The maximum Gasteiger partial charge on any atom is 0.308 e. The molecular formula is C17H21NO5. The summed E-state index contributed by atoms with van der Waals surface area (Å²) in [5.74, 6) is -0.543. The highest BCUT2D eigenvalue weighted by atomic mass is 16.5. The Kier molecular flexibility index (Phi) is 5.62. The molecule has 1 saturated heterocycles. The molecule has 23 heavy (non-hydrogen) atoms. The second-order valence-corrected chi connectivity index (χ2v) is 5.39. The highest BCUT2D eigenvalue weighted by molar-refractivity contribution is 5.95. The van der Waals surface area contributed by atoms with Gasteiger partial charge in [-0.2, -0.15) is 0 Å². The first-order chi connectivity index (χ1) is 11.1. The molecule has 0 aliphatic carbocycles. The van der Waals surface area contributed by atoms with E-state index < -0.39 is 11.9 Å². The van der Waals surface area contributed by atoms with E-state index in [4.69, 9.17) is 14.6 Å². The molecule has 6 heteroatoms. The van der Waals surface area contributed by atoms with Gasteiger partial charge in [-0.1, -0.05) is 12.7 Å². The van der Waals surface area contributed by atoms with Gasteiger partial charge in [0.1, 0.15) is 6.61 Å². The molecule has 1 amide bonds. The molecule has 1 aromatic rings. The summed E-state index contributed by atoms with van der Waals surface area (Å²) >= 11 is 0. The lowest BCUT2D eigenvalue weighted by molar-refractivity contribution is -0.143. The molecule has 6 nitrogen and oxygen atoms in total. The van der Waals surface area contributed by atoms with E-state index in [1.807, 2.05) is 0 Å². The van der Waals surface area contributed by atoms with Gasteiger partial charge in [0.25, 0.3) is 5.91 Å². The Labute approximate surface area is 135 Å². The number of carbonyl (C=O) groups excluding carboxylic acids is 1. The molecule has 0 saturated carbocycles. The molecule has 1 aliphatic heterocycles. The molecule has 1 atom stereocenters. The van der Waals surface area contributed by atoms with Crippen molar-refractivity contribution in [3.05, 3.63) is 36.4 Å². The highest BCUT2D eigenvalue weighted by Gasteiger charge is 2.29. The molecule has 0 unspecified atom stereocenters. The molecule has 1 fully saturated rings. The number of methoxy groups -OCH3 is 1. The van der Waals surface area contributed by atoms with Gasteiger partial charge in [-0.05, 0) is 31.0 Å². The molecule has 1 aliphatic rings. The van der Waals surface area contributed by atoms with Gasteiger partial charge in [-0.3, -0.25) is 9.59 Å². The first-order valence-electron chi connectivity index (χ1n) is 7.50. The van der Waals surface area contributed by atoms with Gasteiger partial charge < -0.3 is 19.5 Å². The van der Waals surface area contributed by atoms with Crippen LogP contribution in [-0.2, 0) is 4.79 Å². The minimum atomic E-state index is -0.853. The first-order valence-corrected chi connectivity index (χ1v) is 7.50. The average molecular weight is 319 g/mol. The van der Waals surface area contributed by atoms with Crippen molar-refractivity contribution in [2.75, 3.05) is 26.8 Å². The zero-order valence-corrected chi connectivity index (χ0v) is 13.2. The maximum atomic E-state index is 12.6. The van der Waals surface area contributed by atoms with Crippen LogP contribution in [-0.4, -0.2) is 48.7 Å². The number of ether oxygens (including phenoxy) is 2. The second kappa shape index (κ2) is 7.67. The fourth-order valence-corrected chi connectivity index (χ4v) is 2.61. The smallest absolute Gasteiger partial charge is 0.308 e. The predicted octanol–water partition coefficient (Wildman–Crippen LogP) is 2.20. The van der Waals surface area contributed by atoms with E-state index in [1.165, 1.54) is 7.11 Å². The number of aliphatic carboxylic acids is 1. The Morgan fingerprint density at radius 1 is 1.43 bits per heavy atom. The van der Waals surface area contributed by atoms with Gasteiger partial charge >= 0.3 is 5.97 Å². The average Bonchev–Trinajstić information content (AvgIpc) is 2.59. The van der Waals surface area contributed by atoms with Gasteiger partial charge in [-0.15, -0.1) is 0 Å². The molecule has 124 valence electrons. The van der Waals surface area contributed by atoms with Crippen LogP contribution in [0.3, 0.4) is 0 Å². The van der Waals surface area contributed by atoms with Crippen LogP contribution in [0.5, 0.6) is 11.5 Å². The third kappa shape index (κ3) is 4.03. The number of hydrogen-bond donors (Lipinski definition) is 1. The topological polar surface area (TPSA) is 76.1 Å². The van der Waals surface area contributed by atoms with E-state index in [2.05, 4.69) is 6.58 Å². The normalized spacial score (nSPS) is 17.4. The van der Waals surface area contributed by atoms with Crippen molar-refractivity contribution >= 4 is 11.9 Å². The van der Waals surface area contributed by atoms with Crippen molar-refractivity contribution in [3.8, 4) is 11.5 Å². The minimum absolute atomic E-state index is 0.190. The molecule has 1 N–H and O–H groups in total. The number of amides is 1. The number of hydrogen-bond acceptors (Lipinski definition) is 4. The number of carboxylic acids is 1. The number of carboxylic acid groups (broad SMARTS) is 1. The third-order valence-corrected chi connectivity index (χ3v) is 3.83. The molecular weight excluding hydrogens is 298 g/mol. The van der Waals surface area contributed by atoms with Crippen molar-refractivity contribution in [3.63, 3.8) is 0 Å². The number of nitrogens with zero attached hydrogens (tertiary/aromatic N) is 1. The summed E-state index contributed by atoms with van der Waals surface area (Å²) in [6.07, 6.45) is 2.93. The van der Waals surface area contributed by atoms with E-state index in [9.17, 15) is 9.59 Å². The number of carbonyl (C=O) groups is 2. The Hall–Kier alpha value is -2.50. The van der Waals surface area contributed by atoms with Gasteiger partial charge in [0.15, 0.2) is 11.5 Å². The van der Waals surface area contributed by atoms with Crippen LogP contribution in [0.25, 0.3) is 0 Å². The van der Waals surface area contributed by atoms with Crippen LogP contribution in [0.1, 0.15) is 23.2 Å². The Morgan fingerprint density at radius 3 is 2.87 bits per heavy atom. The van der Waals surface area contributed by atoms with E-state index >= 15 is 0 Å². The van der Waals surface area contributed by atoms with Crippen LogP contribution in [0, 0.1) is 5.92 Å². The van der Waals surface area contributed by atoms with E-state index in [1.54, 1.807) is 29.2 Å². The molecule has 0 radical (unpaired) electrons. The van der Waals surface area contributed by atoms with Gasteiger partial charge in [-0.25, -0.2) is 0 Å². The highest BCUT2D eigenvalue weighted by Crippen LogP contribution is 2.29. The van der Waals surface area contributed by atoms with Crippen LogP contribution in [0.15, 0.2) is 30.9 Å². The number of benzene rings is 1. The monoisotopic (exact) mass is 319 g/mol. The Morgan fingerprint density at radius 2 is 2.22 bits per heavy atom. The lowest BCUT2D eigenvalue weighted by Crippen LogP contribution is -2.42. The van der Waals surface area contributed by atoms with Crippen molar-refractivity contribution in [2.45, 2.75) is 12.8 Å². The maximum absolute atomic E-state index is 12.6. The summed E-state index contributed by atoms with van der Waals surface area (Å²) in [6, 6.07) is 4.95. The van der Waals surface area contributed by atoms with Gasteiger partial charge in [0.2, 0.25) is 0 Å². The van der Waals surface area contributed by atoms with E-state index in [0.29, 0.717) is 43.1 Å². The molecule has 1 aromatic carbocycles. The lowest BCUT2D eigenvalue weighted by Gasteiger charge is -2.30. The summed E-state index contributed by atoms with van der Waals surface area (Å²) in [6.45, 7) is 4.74. The Balaban J connectivity index is 2.15. The fourth-order valence-electron chi connectivity index (χ4n) is 2.61. The van der Waals surface area contributed by atoms with E-state index in [0.717, 1.165) is 0 Å². The summed E-state index contributed by atoms with van der Waals surface area (Å²) in [5.41, 5.74) is 0.457. The standard InChI is InChI=1S/C17H21NO5/c1-3-9-23-14-7-6-12(10-15(14)22-2)16(19)18-8-4-5-13(11-18)17(20)21/h3,6-7,10,13H,1,4-5,8-9,11H2,2H3,(H,20,21)/t13-/m0/s1. The summed E-state index contributed by atoms with van der Waals surface area (Å²) in [5, 5.41) is 9.13. The molecule has 2 rings (SSSR count). The van der Waals surface area contributed by atoms with Crippen molar-refractivity contribution in [2.24, 2.45) is 5.92 Å².